The number of anilines is 1. The largest absolute Gasteiger partial charge is 0.461 e. The van der Waals surface area contributed by atoms with Crippen molar-refractivity contribution in [1.82, 2.24) is 4.90 Å². The van der Waals surface area contributed by atoms with E-state index in [1.165, 1.54) is 28.8 Å². The second-order valence-electron chi connectivity index (χ2n) is 7.33. The molecule has 2 amide bonds. The van der Waals surface area contributed by atoms with Gasteiger partial charge in [-0.25, -0.2) is 9.59 Å². The molecule has 156 valence electrons. The van der Waals surface area contributed by atoms with Gasteiger partial charge in [0.15, 0.2) is 0 Å². The molecule has 9 heteroatoms. The molecule has 2 atom stereocenters. The first kappa shape index (κ1) is 22.4. The fraction of sp³-hybridized carbons (Fsp3) is 0.579. The number of benzene rings is 1. The lowest BCUT2D eigenvalue weighted by Gasteiger charge is -2.29. The first-order valence-corrected chi connectivity index (χ1v) is 10.1. The summed E-state index contributed by atoms with van der Waals surface area (Å²) in [6.07, 6.45) is -4.17. The minimum absolute atomic E-state index is 0.0241. The SMILES string of the molecule is CC(C)CC1SCC(C(=O)OC(C)C)N1C(=O)Nc1cccc(C(F)(F)F)c1. The molecule has 1 aliphatic rings. The van der Waals surface area contributed by atoms with Crippen LogP contribution in [-0.4, -0.2) is 40.2 Å². The standard InChI is InChI=1S/C19H25F3N2O3S/c1-11(2)8-16-24(15(10-28-16)17(25)27-12(3)4)18(26)23-14-7-5-6-13(9-14)19(20,21)22/h5-7,9,11-12,15-16H,8,10H2,1-4H3,(H,23,26). The molecule has 1 aromatic rings. The predicted molar refractivity (Wildman–Crippen MR) is 103 cm³/mol. The number of nitrogens with one attached hydrogen (secondary N) is 1. The molecular formula is C19H25F3N2O3S. The predicted octanol–water partition coefficient (Wildman–Crippen LogP) is 4.98. The Morgan fingerprint density at radius 1 is 1.29 bits per heavy atom. The maximum atomic E-state index is 12.9. The summed E-state index contributed by atoms with van der Waals surface area (Å²) in [6, 6.07) is 3.04. The lowest BCUT2D eigenvalue weighted by atomic mass is 10.1. The molecule has 0 bridgehead atoms. The van der Waals surface area contributed by atoms with E-state index in [2.05, 4.69) is 5.32 Å². The van der Waals surface area contributed by atoms with Gasteiger partial charge in [-0.3, -0.25) is 4.90 Å². The Kier molecular flexibility index (Phi) is 7.25. The number of hydrogen-bond donors (Lipinski definition) is 1. The molecule has 0 aromatic heterocycles. The summed E-state index contributed by atoms with van der Waals surface area (Å²) in [5.41, 5.74) is -0.827. The monoisotopic (exact) mass is 418 g/mol. The van der Waals surface area contributed by atoms with E-state index >= 15 is 0 Å². The maximum Gasteiger partial charge on any atom is 0.416 e. The minimum atomic E-state index is -4.51. The highest BCUT2D eigenvalue weighted by molar-refractivity contribution is 8.00. The third-order valence-corrected chi connectivity index (χ3v) is 5.38. The fourth-order valence-corrected chi connectivity index (χ4v) is 4.50. The molecular weight excluding hydrogens is 393 g/mol. The first-order valence-electron chi connectivity index (χ1n) is 9.07. The number of esters is 1. The average molecular weight is 418 g/mol. The van der Waals surface area contributed by atoms with E-state index in [-0.39, 0.29) is 23.1 Å². The van der Waals surface area contributed by atoms with Gasteiger partial charge in [0.05, 0.1) is 17.0 Å². The molecule has 5 nitrogen and oxygen atoms in total. The number of nitrogens with zero attached hydrogens (tertiary/aromatic N) is 1. The van der Waals surface area contributed by atoms with E-state index in [0.717, 1.165) is 12.1 Å². The molecule has 1 saturated heterocycles. The Labute approximate surface area is 167 Å². The Morgan fingerprint density at radius 3 is 2.54 bits per heavy atom. The summed E-state index contributed by atoms with van der Waals surface area (Å²) in [5, 5.41) is 2.25. The van der Waals surface area contributed by atoms with Crippen LogP contribution in [-0.2, 0) is 15.7 Å². The van der Waals surface area contributed by atoms with Crippen molar-refractivity contribution >= 4 is 29.4 Å². The third kappa shape index (κ3) is 5.80. The number of thioether (sulfide) groups is 1. The van der Waals surface area contributed by atoms with Crippen LogP contribution in [0.3, 0.4) is 0 Å². The lowest BCUT2D eigenvalue weighted by molar-refractivity contribution is -0.151. The minimum Gasteiger partial charge on any atom is -0.461 e. The number of urea groups is 1. The maximum absolute atomic E-state index is 12.9. The van der Waals surface area contributed by atoms with Gasteiger partial charge in [-0.15, -0.1) is 11.8 Å². The highest BCUT2D eigenvalue weighted by atomic mass is 32.2. The van der Waals surface area contributed by atoms with Crippen LogP contribution in [0.1, 0.15) is 39.7 Å². The summed E-state index contributed by atoms with van der Waals surface area (Å²) in [6.45, 7) is 7.45. The van der Waals surface area contributed by atoms with Gasteiger partial charge < -0.3 is 10.1 Å². The molecule has 0 radical (unpaired) electrons. The highest BCUT2D eigenvalue weighted by Gasteiger charge is 2.43. The van der Waals surface area contributed by atoms with Crippen molar-refractivity contribution in [3.63, 3.8) is 0 Å². The molecule has 0 saturated carbocycles. The lowest BCUT2D eigenvalue weighted by Crippen LogP contribution is -2.48. The molecule has 0 aliphatic carbocycles. The molecule has 1 N–H and O–H groups in total. The molecule has 2 unspecified atom stereocenters. The van der Waals surface area contributed by atoms with Crippen molar-refractivity contribution < 1.29 is 27.5 Å². The van der Waals surface area contributed by atoms with Crippen LogP contribution < -0.4 is 5.32 Å². The number of hydrogen-bond acceptors (Lipinski definition) is 4. The Bertz CT molecular complexity index is 710. The topological polar surface area (TPSA) is 58.6 Å². The van der Waals surface area contributed by atoms with E-state index in [1.807, 2.05) is 13.8 Å². The van der Waals surface area contributed by atoms with Crippen molar-refractivity contribution in [1.29, 1.82) is 0 Å². The summed E-state index contributed by atoms with van der Waals surface area (Å²) in [4.78, 5) is 26.7. The quantitative estimate of drug-likeness (QED) is 0.686. The highest BCUT2D eigenvalue weighted by Crippen LogP contribution is 2.35. The van der Waals surface area contributed by atoms with Crippen molar-refractivity contribution in [3.8, 4) is 0 Å². The summed E-state index contributed by atoms with van der Waals surface area (Å²) >= 11 is 1.47. The third-order valence-electron chi connectivity index (χ3n) is 4.07. The number of carbonyl (C=O) groups excluding carboxylic acids is 2. The molecule has 2 rings (SSSR count). The van der Waals surface area contributed by atoms with E-state index in [9.17, 15) is 22.8 Å². The van der Waals surface area contributed by atoms with Gasteiger partial charge in [-0.2, -0.15) is 13.2 Å². The Balaban J connectivity index is 2.22. The Hall–Kier alpha value is -1.90. The van der Waals surface area contributed by atoms with Gasteiger partial charge in [0, 0.05) is 11.4 Å². The number of amides is 2. The van der Waals surface area contributed by atoms with Crippen molar-refractivity contribution in [2.24, 2.45) is 5.92 Å². The van der Waals surface area contributed by atoms with Gasteiger partial charge in [-0.1, -0.05) is 19.9 Å². The second-order valence-corrected chi connectivity index (χ2v) is 8.55. The van der Waals surface area contributed by atoms with Crippen LogP contribution in [0.2, 0.25) is 0 Å². The van der Waals surface area contributed by atoms with Crippen LogP contribution in [0.4, 0.5) is 23.7 Å². The molecule has 1 heterocycles. The van der Waals surface area contributed by atoms with Gasteiger partial charge >= 0.3 is 18.2 Å². The van der Waals surface area contributed by atoms with Crippen LogP contribution in [0, 0.1) is 5.92 Å². The van der Waals surface area contributed by atoms with Crippen LogP contribution in [0.5, 0.6) is 0 Å². The zero-order chi connectivity index (χ0) is 21.1. The zero-order valence-electron chi connectivity index (χ0n) is 16.2. The summed E-state index contributed by atoms with van der Waals surface area (Å²) < 4.78 is 44.0. The zero-order valence-corrected chi connectivity index (χ0v) is 17.1. The second kappa shape index (κ2) is 9.07. The molecule has 0 spiro atoms. The van der Waals surface area contributed by atoms with Gasteiger partial charge in [0.1, 0.15) is 6.04 Å². The first-order chi connectivity index (χ1) is 13.0. The summed E-state index contributed by atoms with van der Waals surface area (Å²) in [5.74, 6) is 0.160. The smallest absolute Gasteiger partial charge is 0.416 e. The van der Waals surface area contributed by atoms with Gasteiger partial charge in [-0.05, 0) is 44.4 Å². The van der Waals surface area contributed by atoms with E-state index in [1.54, 1.807) is 13.8 Å². The summed E-state index contributed by atoms with van der Waals surface area (Å²) in [7, 11) is 0. The molecule has 28 heavy (non-hydrogen) atoms. The number of rotatable bonds is 5. The van der Waals surface area contributed by atoms with E-state index < -0.39 is 29.8 Å². The molecule has 1 aliphatic heterocycles. The number of ether oxygens (including phenoxy) is 1. The van der Waals surface area contributed by atoms with Crippen LogP contribution >= 0.6 is 11.8 Å². The van der Waals surface area contributed by atoms with Crippen molar-refractivity contribution in [2.45, 2.75) is 57.8 Å². The van der Waals surface area contributed by atoms with E-state index in [0.29, 0.717) is 12.2 Å². The van der Waals surface area contributed by atoms with Crippen LogP contribution in [0.15, 0.2) is 24.3 Å². The van der Waals surface area contributed by atoms with E-state index in [4.69, 9.17) is 4.74 Å². The number of alkyl halides is 3. The fourth-order valence-electron chi connectivity index (χ4n) is 2.87. The van der Waals surface area contributed by atoms with Crippen molar-refractivity contribution in [2.75, 3.05) is 11.1 Å². The van der Waals surface area contributed by atoms with Gasteiger partial charge in [0.2, 0.25) is 0 Å². The normalized spacial score (nSPS) is 20.0. The Morgan fingerprint density at radius 2 is 1.96 bits per heavy atom. The number of carbonyl (C=O) groups is 2. The van der Waals surface area contributed by atoms with Crippen molar-refractivity contribution in [3.05, 3.63) is 29.8 Å². The number of halogens is 3. The molecule has 1 aromatic carbocycles. The van der Waals surface area contributed by atoms with Gasteiger partial charge in [0.25, 0.3) is 0 Å². The average Bonchev–Trinajstić information content (AvgIpc) is 2.96. The molecule has 1 fully saturated rings. The van der Waals surface area contributed by atoms with Crippen LogP contribution in [0.25, 0.3) is 0 Å².